The van der Waals surface area contributed by atoms with Crippen LogP contribution in [0.1, 0.15) is 0 Å². The molecule has 1 aromatic heterocycles. The van der Waals surface area contributed by atoms with E-state index in [0.717, 1.165) is 28.1 Å². The van der Waals surface area contributed by atoms with Crippen LogP contribution in [0.25, 0.3) is 28.1 Å². The van der Waals surface area contributed by atoms with E-state index in [4.69, 9.17) is 16.6 Å². The van der Waals surface area contributed by atoms with Crippen molar-refractivity contribution in [2.45, 2.75) is 0 Å². The third kappa shape index (κ3) is 2.45. The number of nitrogens with zero attached hydrogens (tertiary/aromatic N) is 2. The molecule has 112 valence electrons. The molecule has 0 saturated heterocycles. The van der Waals surface area contributed by atoms with E-state index in [1.54, 1.807) is 12.1 Å². The lowest BCUT2D eigenvalue weighted by atomic mass is 10.2. The molecule has 0 saturated carbocycles. The fraction of sp³-hybridized carbons (Fsp3) is 0. The van der Waals surface area contributed by atoms with Crippen LogP contribution >= 0.6 is 11.6 Å². The number of imidazole rings is 1. The second kappa shape index (κ2) is 5.45. The number of rotatable bonds is 2. The predicted molar refractivity (Wildman–Crippen MR) is 93.2 cm³/mol. The fourth-order valence-corrected chi connectivity index (χ4v) is 2.91. The van der Waals surface area contributed by atoms with Crippen LogP contribution in [0, 0.1) is 0 Å². The minimum atomic E-state index is 0.209. The van der Waals surface area contributed by atoms with Crippen molar-refractivity contribution in [1.29, 1.82) is 0 Å². The number of halogens is 1. The first-order valence-electron chi connectivity index (χ1n) is 7.25. The number of fused-ring (bicyclic) bond motifs is 1. The smallest absolute Gasteiger partial charge is 0.145 e. The highest BCUT2D eigenvalue weighted by Gasteiger charge is 2.14. The van der Waals surface area contributed by atoms with Crippen molar-refractivity contribution in [2.75, 3.05) is 0 Å². The molecule has 0 spiro atoms. The molecule has 0 aliphatic carbocycles. The van der Waals surface area contributed by atoms with Gasteiger partial charge in [-0.1, -0.05) is 48.0 Å². The van der Waals surface area contributed by atoms with E-state index in [9.17, 15) is 5.11 Å². The number of benzene rings is 3. The van der Waals surface area contributed by atoms with Gasteiger partial charge in [-0.2, -0.15) is 0 Å². The van der Waals surface area contributed by atoms with Gasteiger partial charge in [0.1, 0.15) is 11.6 Å². The molecule has 0 amide bonds. The summed E-state index contributed by atoms with van der Waals surface area (Å²) in [6.45, 7) is 0. The summed E-state index contributed by atoms with van der Waals surface area (Å²) in [5.74, 6) is 1.02. The summed E-state index contributed by atoms with van der Waals surface area (Å²) in [4.78, 5) is 4.74. The average Bonchev–Trinajstić information content (AvgIpc) is 2.94. The van der Waals surface area contributed by atoms with Crippen LogP contribution in [0.2, 0.25) is 5.02 Å². The maximum absolute atomic E-state index is 9.87. The molecule has 0 radical (unpaired) electrons. The first kappa shape index (κ1) is 13.9. The molecule has 23 heavy (non-hydrogen) atoms. The highest BCUT2D eigenvalue weighted by molar-refractivity contribution is 6.30. The third-order valence-corrected chi connectivity index (χ3v) is 3.97. The second-order valence-corrected chi connectivity index (χ2v) is 5.73. The number of aromatic nitrogens is 2. The topological polar surface area (TPSA) is 38.1 Å². The summed E-state index contributed by atoms with van der Waals surface area (Å²) in [6.07, 6.45) is 0. The van der Waals surface area contributed by atoms with Gasteiger partial charge in [-0.3, -0.25) is 4.57 Å². The molecule has 0 unspecified atom stereocenters. The highest BCUT2D eigenvalue weighted by atomic mass is 35.5. The van der Waals surface area contributed by atoms with Crippen molar-refractivity contribution < 1.29 is 5.11 Å². The highest BCUT2D eigenvalue weighted by Crippen LogP contribution is 2.31. The van der Waals surface area contributed by atoms with Crippen LogP contribution in [0.3, 0.4) is 0 Å². The maximum Gasteiger partial charge on any atom is 0.145 e. The van der Waals surface area contributed by atoms with E-state index in [-0.39, 0.29) is 5.75 Å². The van der Waals surface area contributed by atoms with Crippen LogP contribution in [0.5, 0.6) is 5.75 Å². The normalized spacial score (nSPS) is 11.0. The molecule has 0 aliphatic heterocycles. The Bertz CT molecular complexity index is 993. The lowest BCUT2D eigenvalue weighted by molar-refractivity contribution is 0.476. The minimum absolute atomic E-state index is 0.209. The monoisotopic (exact) mass is 320 g/mol. The van der Waals surface area contributed by atoms with Crippen molar-refractivity contribution in [3.8, 4) is 22.8 Å². The van der Waals surface area contributed by atoms with Gasteiger partial charge >= 0.3 is 0 Å². The van der Waals surface area contributed by atoms with Crippen LogP contribution in [-0.4, -0.2) is 14.7 Å². The molecule has 4 aromatic rings. The zero-order valence-corrected chi connectivity index (χ0v) is 12.9. The number of phenols is 1. The van der Waals surface area contributed by atoms with Crippen molar-refractivity contribution in [3.05, 3.63) is 77.8 Å². The van der Waals surface area contributed by atoms with Crippen LogP contribution in [-0.2, 0) is 0 Å². The second-order valence-electron chi connectivity index (χ2n) is 5.29. The van der Waals surface area contributed by atoms with Gasteiger partial charge in [0, 0.05) is 22.3 Å². The summed E-state index contributed by atoms with van der Waals surface area (Å²) >= 11 is 6.16. The molecule has 1 heterocycles. The molecule has 0 bridgehead atoms. The summed E-state index contributed by atoms with van der Waals surface area (Å²) < 4.78 is 2.01. The molecule has 3 aromatic carbocycles. The molecular formula is C19H13ClN2O. The average molecular weight is 321 g/mol. The zero-order chi connectivity index (χ0) is 15.8. The summed E-state index contributed by atoms with van der Waals surface area (Å²) in [6, 6.07) is 22.8. The summed E-state index contributed by atoms with van der Waals surface area (Å²) in [5, 5.41) is 10.5. The number of phenolic OH excluding ortho intramolecular Hbond substituents is 1. The Morgan fingerprint density at radius 2 is 1.70 bits per heavy atom. The standard InChI is InChI=1S/C19H13ClN2O/c20-14-7-4-8-15(11-14)22-18-12-16(23)9-10-17(18)21-19(22)13-5-2-1-3-6-13/h1-12,23H. The lowest BCUT2D eigenvalue weighted by Crippen LogP contribution is -1.97. The summed E-state index contributed by atoms with van der Waals surface area (Å²) in [5.41, 5.74) is 3.57. The molecule has 0 fully saturated rings. The van der Waals surface area contributed by atoms with Gasteiger partial charge < -0.3 is 5.11 Å². The molecule has 3 nitrogen and oxygen atoms in total. The van der Waals surface area contributed by atoms with Gasteiger partial charge in [-0.15, -0.1) is 0 Å². The van der Waals surface area contributed by atoms with Crippen LogP contribution in [0.4, 0.5) is 0 Å². The third-order valence-electron chi connectivity index (χ3n) is 3.74. The maximum atomic E-state index is 9.87. The van der Waals surface area contributed by atoms with Crippen molar-refractivity contribution >= 4 is 22.6 Å². The Labute approximate surface area is 138 Å². The number of aromatic hydroxyl groups is 1. The van der Waals surface area contributed by atoms with Gasteiger partial charge in [-0.05, 0) is 30.3 Å². The first-order valence-corrected chi connectivity index (χ1v) is 7.63. The summed E-state index contributed by atoms with van der Waals surface area (Å²) in [7, 11) is 0. The molecule has 1 N–H and O–H groups in total. The van der Waals surface area contributed by atoms with E-state index in [2.05, 4.69) is 0 Å². The first-order chi connectivity index (χ1) is 11.2. The Hall–Kier alpha value is -2.78. The van der Waals surface area contributed by atoms with Crippen molar-refractivity contribution in [3.63, 3.8) is 0 Å². The number of hydrogen-bond donors (Lipinski definition) is 1. The van der Waals surface area contributed by atoms with Crippen molar-refractivity contribution in [1.82, 2.24) is 9.55 Å². The Morgan fingerprint density at radius 3 is 2.48 bits per heavy atom. The van der Waals surface area contributed by atoms with E-state index >= 15 is 0 Å². The van der Waals surface area contributed by atoms with E-state index in [1.807, 2.05) is 65.2 Å². The van der Waals surface area contributed by atoms with Crippen LogP contribution < -0.4 is 0 Å². The largest absolute Gasteiger partial charge is 0.508 e. The van der Waals surface area contributed by atoms with Gasteiger partial charge in [0.15, 0.2) is 0 Å². The predicted octanol–water partition coefficient (Wildman–Crippen LogP) is 5.05. The van der Waals surface area contributed by atoms with E-state index in [0.29, 0.717) is 5.02 Å². The molecule has 0 aliphatic rings. The van der Waals surface area contributed by atoms with Gasteiger partial charge in [-0.25, -0.2) is 4.98 Å². The van der Waals surface area contributed by atoms with Gasteiger partial charge in [0.2, 0.25) is 0 Å². The van der Waals surface area contributed by atoms with E-state index in [1.165, 1.54) is 0 Å². The quantitative estimate of drug-likeness (QED) is 0.561. The Balaban J connectivity index is 2.08. The molecule has 4 rings (SSSR count). The van der Waals surface area contributed by atoms with Gasteiger partial charge in [0.25, 0.3) is 0 Å². The van der Waals surface area contributed by atoms with Crippen molar-refractivity contribution in [2.24, 2.45) is 0 Å². The SMILES string of the molecule is Oc1ccc2nc(-c3ccccc3)n(-c3cccc(Cl)c3)c2c1. The molecular weight excluding hydrogens is 308 g/mol. The molecule has 0 atom stereocenters. The lowest BCUT2D eigenvalue weighted by Gasteiger charge is -2.10. The Morgan fingerprint density at radius 1 is 0.870 bits per heavy atom. The van der Waals surface area contributed by atoms with E-state index < -0.39 is 0 Å². The molecule has 4 heteroatoms. The minimum Gasteiger partial charge on any atom is -0.508 e. The fourth-order valence-electron chi connectivity index (χ4n) is 2.72. The number of hydrogen-bond acceptors (Lipinski definition) is 2. The zero-order valence-electron chi connectivity index (χ0n) is 12.1. The van der Waals surface area contributed by atoms with Crippen LogP contribution in [0.15, 0.2) is 72.8 Å². The Kier molecular flexibility index (Phi) is 3.28. The van der Waals surface area contributed by atoms with Gasteiger partial charge in [0.05, 0.1) is 11.0 Å².